The molecular formula is C10H21NOS. The van der Waals surface area contributed by atoms with Gasteiger partial charge in [0.15, 0.2) is 0 Å². The molecule has 78 valence electrons. The van der Waals surface area contributed by atoms with Crippen LogP contribution in [-0.2, 0) is 0 Å². The van der Waals surface area contributed by atoms with Gasteiger partial charge in [-0.1, -0.05) is 13.3 Å². The molecule has 0 aromatic rings. The molecule has 3 heteroatoms. The van der Waals surface area contributed by atoms with Crippen LogP contribution >= 0.6 is 11.8 Å². The van der Waals surface area contributed by atoms with E-state index in [4.69, 9.17) is 10.8 Å². The van der Waals surface area contributed by atoms with Crippen LogP contribution in [0.15, 0.2) is 0 Å². The molecule has 1 saturated carbocycles. The van der Waals surface area contributed by atoms with Crippen LogP contribution in [0, 0.1) is 0 Å². The molecule has 2 atom stereocenters. The predicted molar refractivity (Wildman–Crippen MR) is 59.0 cm³/mol. The second-order valence-corrected chi connectivity index (χ2v) is 5.52. The minimum atomic E-state index is -0.274. The average molecular weight is 203 g/mol. The first-order chi connectivity index (χ1) is 6.20. The summed E-state index contributed by atoms with van der Waals surface area (Å²) in [6.07, 6.45) is 5.68. The molecule has 3 N–H and O–H groups in total. The van der Waals surface area contributed by atoms with E-state index in [0.29, 0.717) is 5.25 Å². The van der Waals surface area contributed by atoms with Gasteiger partial charge < -0.3 is 10.8 Å². The Morgan fingerprint density at radius 3 is 3.00 bits per heavy atom. The maximum absolute atomic E-state index is 9.16. The summed E-state index contributed by atoms with van der Waals surface area (Å²) in [7, 11) is 0. The SMILES string of the molecule is CCCSC1CCCC(N)(CO)C1. The van der Waals surface area contributed by atoms with E-state index in [1.165, 1.54) is 25.0 Å². The third-order valence-corrected chi connectivity index (χ3v) is 4.23. The van der Waals surface area contributed by atoms with Gasteiger partial charge in [-0.05, 0) is 31.4 Å². The summed E-state index contributed by atoms with van der Waals surface area (Å²) in [5.74, 6) is 1.23. The summed E-state index contributed by atoms with van der Waals surface area (Å²) in [6, 6.07) is 0. The minimum Gasteiger partial charge on any atom is -0.394 e. The van der Waals surface area contributed by atoms with Gasteiger partial charge in [0.25, 0.3) is 0 Å². The molecule has 1 rings (SSSR count). The standard InChI is InChI=1S/C10H21NOS/c1-2-6-13-9-4-3-5-10(11,7-9)8-12/h9,12H,2-8,11H2,1H3. The van der Waals surface area contributed by atoms with E-state index in [1.54, 1.807) is 0 Å². The van der Waals surface area contributed by atoms with Gasteiger partial charge in [-0.15, -0.1) is 0 Å². The first-order valence-electron chi connectivity index (χ1n) is 5.21. The molecule has 1 aliphatic rings. The zero-order chi connectivity index (χ0) is 9.73. The lowest BCUT2D eigenvalue weighted by molar-refractivity contribution is 0.159. The van der Waals surface area contributed by atoms with Crippen LogP contribution in [0.4, 0.5) is 0 Å². The highest BCUT2D eigenvalue weighted by Gasteiger charge is 2.31. The first-order valence-corrected chi connectivity index (χ1v) is 6.26. The summed E-state index contributed by atoms with van der Waals surface area (Å²) in [4.78, 5) is 0. The number of aliphatic hydroxyl groups excluding tert-OH is 1. The normalized spacial score (nSPS) is 34.8. The number of rotatable bonds is 4. The molecule has 0 aromatic heterocycles. The topological polar surface area (TPSA) is 46.2 Å². The number of nitrogens with two attached hydrogens (primary N) is 1. The largest absolute Gasteiger partial charge is 0.394 e. The highest BCUT2D eigenvalue weighted by Crippen LogP contribution is 2.33. The lowest BCUT2D eigenvalue weighted by Gasteiger charge is -2.36. The van der Waals surface area contributed by atoms with Crippen LogP contribution < -0.4 is 5.73 Å². The Morgan fingerprint density at radius 1 is 1.62 bits per heavy atom. The second kappa shape index (κ2) is 5.23. The lowest BCUT2D eigenvalue weighted by atomic mass is 9.83. The third kappa shape index (κ3) is 3.49. The van der Waals surface area contributed by atoms with Crippen molar-refractivity contribution in [3.05, 3.63) is 0 Å². The molecule has 0 radical (unpaired) electrons. The molecule has 0 saturated heterocycles. The van der Waals surface area contributed by atoms with Crippen molar-refractivity contribution in [1.29, 1.82) is 0 Å². The Morgan fingerprint density at radius 2 is 2.38 bits per heavy atom. The van der Waals surface area contributed by atoms with E-state index in [1.807, 2.05) is 11.8 Å². The van der Waals surface area contributed by atoms with E-state index in [-0.39, 0.29) is 12.1 Å². The monoisotopic (exact) mass is 203 g/mol. The van der Waals surface area contributed by atoms with Crippen molar-refractivity contribution in [3.8, 4) is 0 Å². The number of aliphatic hydroxyl groups is 1. The van der Waals surface area contributed by atoms with E-state index in [9.17, 15) is 0 Å². The summed E-state index contributed by atoms with van der Waals surface area (Å²) in [6.45, 7) is 2.35. The maximum Gasteiger partial charge on any atom is 0.0611 e. The van der Waals surface area contributed by atoms with Crippen LogP contribution in [0.2, 0.25) is 0 Å². The van der Waals surface area contributed by atoms with Gasteiger partial charge in [0, 0.05) is 10.8 Å². The molecule has 1 aliphatic carbocycles. The van der Waals surface area contributed by atoms with E-state index < -0.39 is 0 Å². The summed E-state index contributed by atoms with van der Waals surface area (Å²) in [5.41, 5.74) is 5.78. The maximum atomic E-state index is 9.16. The molecule has 0 aromatic carbocycles. The predicted octanol–water partition coefficient (Wildman–Crippen LogP) is 1.76. The van der Waals surface area contributed by atoms with E-state index in [2.05, 4.69) is 6.92 Å². The summed E-state index contributed by atoms with van der Waals surface area (Å²) < 4.78 is 0. The van der Waals surface area contributed by atoms with Crippen molar-refractivity contribution in [3.63, 3.8) is 0 Å². The Kier molecular flexibility index (Phi) is 4.56. The summed E-state index contributed by atoms with van der Waals surface area (Å²) >= 11 is 2.02. The molecule has 2 nitrogen and oxygen atoms in total. The molecule has 0 bridgehead atoms. The average Bonchev–Trinajstić information content (AvgIpc) is 2.15. The molecule has 0 spiro atoms. The van der Waals surface area contributed by atoms with Gasteiger partial charge in [0.1, 0.15) is 0 Å². The van der Waals surface area contributed by atoms with Gasteiger partial charge >= 0.3 is 0 Å². The Bertz CT molecular complexity index is 154. The summed E-state index contributed by atoms with van der Waals surface area (Å²) in [5, 5.41) is 9.85. The Balaban J connectivity index is 2.33. The zero-order valence-corrected chi connectivity index (χ0v) is 9.28. The van der Waals surface area contributed by atoms with Crippen LogP contribution in [0.1, 0.15) is 39.0 Å². The first kappa shape index (κ1) is 11.3. The van der Waals surface area contributed by atoms with Crippen LogP contribution in [0.3, 0.4) is 0 Å². The van der Waals surface area contributed by atoms with Crippen molar-refractivity contribution < 1.29 is 5.11 Å². The Labute approximate surface area is 85.3 Å². The van der Waals surface area contributed by atoms with Crippen molar-refractivity contribution >= 4 is 11.8 Å². The zero-order valence-electron chi connectivity index (χ0n) is 8.46. The molecule has 0 aliphatic heterocycles. The number of hydrogen-bond acceptors (Lipinski definition) is 3. The quantitative estimate of drug-likeness (QED) is 0.732. The van der Waals surface area contributed by atoms with E-state index in [0.717, 1.165) is 12.8 Å². The minimum absolute atomic E-state index is 0.149. The fourth-order valence-corrected chi connectivity index (χ4v) is 3.26. The third-order valence-electron chi connectivity index (χ3n) is 2.71. The number of hydrogen-bond donors (Lipinski definition) is 2. The van der Waals surface area contributed by atoms with Crippen LogP contribution in [-0.4, -0.2) is 28.3 Å². The van der Waals surface area contributed by atoms with Gasteiger partial charge in [-0.3, -0.25) is 0 Å². The van der Waals surface area contributed by atoms with Gasteiger partial charge in [-0.2, -0.15) is 11.8 Å². The molecular weight excluding hydrogens is 182 g/mol. The van der Waals surface area contributed by atoms with Crippen molar-refractivity contribution in [2.24, 2.45) is 5.73 Å². The van der Waals surface area contributed by atoms with Crippen molar-refractivity contribution in [2.75, 3.05) is 12.4 Å². The van der Waals surface area contributed by atoms with Crippen LogP contribution in [0.5, 0.6) is 0 Å². The molecule has 0 heterocycles. The van der Waals surface area contributed by atoms with Crippen LogP contribution in [0.25, 0.3) is 0 Å². The molecule has 1 fully saturated rings. The smallest absolute Gasteiger partial charge is 0.0611 e. The van der Waals surface area contributed by atoms with Gasteiger partial charge in [0.05, 0.1) is 6.61 Å². The lowest BCUT2D eigenvalue weighted by Crippen LogP contribution is -2.48. The number of thioether (sulfide) groups is 1. The van der Waals surface area contributed by atoms with E-state index >= 15 is 0 Å². The fraction of sp³-hybridized carbons (Fsp3) is 1.00. The molecule has 0 amide bonds. The molecule has 2 unspecified atom stereocenters. The van der Waals surface area contributed by atoms with Crippen molar-refractivity contribution in [1.82, 2.24) is 0 Å². The van der Waals surface area contributed by atoms with Gasteiger partial charge in [0.2, 0.25) is 0 Å². The highest BCUT2D eigenvalue weighted by atomic mass is 32.2. The fourth-order valence-electron chi connectivity index (χ4n) is 1.91. The molecule has 13 heavy (non-hydrogen) atoms. The van der Waals surface area contributed by atoms with Crippen molar-refractivity contribution in [2.45, 2.75) is 49.8 Å². The highest BCUT2D eigenvalue weighted by molar-refractivity contribution is 7.99. The second-order valence-electron chi connectivity index (χ2n) is 4.11. The Hall–Kier alpha value is 0.270. The van der Waals surface area contributed by atoms with Gasteiger partial charge in [-0.25, -0.2) is 0 Å².